The zero-order valence-electron chi connectivity index (χ0n) is 18.1. The molecule has 0 aromatic heterocycles. The van der Waals surface area contributed by atoms with E-state index in [0.29, 0.717) is 32.7 Å². The molecule has 0 bridgehead atoms. The van der Waals surface area contributed by atoms with E-state index >= 15 is 0 Å². The Morgan fingerprint density at radius 3 is 2.09 bits per heavy atom. The monoisotopic (exact) mass is 513 g/mol. The van der Waals surface area contributed by atoms with Gasteiger partial charge < -0.3 is 10.6 Å². The topological polar surface area (TPSA) is 78.5 Å². The van der Waals surface area contributed by atoms with Crippen molar-refractivity contribution in [3.05, 3.63) is 98.1 Å². The van der Waals surface area contributed by atoms with E-state index in [-0.39, 0.29) is 16.6 Å². The van der Waals surface area contributed by atoms with Crippen molar-refractivity contribution in [2.45, 2.75) is 13.8 Å². The fraction of sp³-hybridized carbons (Fsp3) is 0.0800. The summed E-state index contributed by atoms with van der Waals surface area (Å²) >= 11 is 18.1. The first kappa shape index (κ1) is 23.8. The van der Waals surface area contributed by atoms with E-state index in [9.17, 15) is 14.4 Å². The summed E-state index contributed by atoms with van der Waals surface area (Å²) in [4.78, 5) is 39.2. The predicted molar refractivity (Wildman–Crippen MR) is 136 cm³/mol. The van der Waals surface area contributed by atoms with Gasteiger partial charge in [-0.25, -0.2) is 4.90 Å². The minimum absolute atomic E-state index is 0.0297. The molecule has 3 aromatic rings. The second-order valence-corrected chi connectivity index (χ2v) is 8.88. The number of amides is 3. The predicted octanol–water partition coefficient (Wildman–Crippen LogP) is 6.30. The van der Waals surface area contributed by atoms with Crippen LogP contribution in [0, 0.1) is 13.8 Å². The molecule has 0 atom stereocenters. The maximum Gasteiger partial charge on any atom is 0.283 e. The molecule has 3 aromatic carbocycles. The van der Waals surface area contributed by atoms with Crippen LogP contribution >= 0.6 is 34.8 Å². The standard InChI is InChI=1S/C25H18Cl3N3O3/c1-13-3-9-18(11-14(13)2)31-24(33)21(28)22(25(31)34)29-16-6-4-15(5-7-16)23(32)30-17-8-10-19(26)20(27)12-17/h3-12,29H,1-2H3,(H,30,32). The molecular weight excluding hydrogens is 497 g/mol. The number of hydrogen-bond acceptors (Lipinski definition) is 4. The number of benzene rings is 3. The van der Waals surface area contributed by atoms with Gasteiger partial charge in [0.1, 0.15) is 10.7 Å². The van der Waals surface area contributed by atoms with Gasteiger partial charge in [-0.2, -0.15) is 0 Å². The van der Waals surface area contributed by atoms with Crippen molar-refractivity contribution in [3.8, 4) is 0 Å². The lowest BCUT2D eigenvalue weighted by Gasteiger charge is -2.16. The van der Waals surface area contributed by atoms with Gasteiger partial charge in [-0.15, -0.1) is 0 Å². The highest BCUT2D eigenvalue weighted by atomic mass is 35.5. The van der Waals surface area contributed by atoms with Crippen LogP contribution in [0.15, 0.2) is 71.4 Å². The number of hydrogen-bond donors (Lipinski definition) is 2. The average molecular weight is 515 g/mol. The van der Waals surface area contributed by atoms with Crippen LogP contribution in [-0.2, 0) is 9.59 Å². The molecule has 1 aliphatic rings. The van der Waals surface area contributed by atoms with E-state index in [1.165, 1.54) is 0 Å². The van der Waals surface area contributed by atoms with Crippen molar-refractivity contribution in [1.29, 1.82) is 0 Å². The zero-order chi connectivity index (χ0) is 24.6. The molecule has 0 unspecified atom stereocenters. The van der Waals surface area contributed by atoms with Gasteiger partial charge in [0.2, 0.25) is 0 Å². The van der Waals surface area contributed by atoms with Crippen molar-refractivity contribution in [1.82, 2.24) is 0 Å². The number of anilines is 3. The Labute approximate surface area is 211 Å². The van der Waals surface area contributed by atoms with Gasteiger partial charge in [0.15, 0.2) is 0 Å². The van der Waals surface area contributed by atoms with Crippen molar-refractivity contribution in [3.63, 3.8) is 0 Å². The van der Waals surface area contributed by atoms with Crippen molar-refractivity contribution >= 4 is 69.6 Å². The van der Waals surface area contributed by atoms with Crippen LogP contribution in [0.3, 0.4) is 0 Å². The van der Waals surface area contributed by atoms with Crippen molar-refractivity contribution < 1.29 is 14.4 Å². The summed E-state index contributed by atoms with van der Waals surface area (Å²) in [6.07, 6.45) is 0. The molecule has 0 radical (unpaired) electrons. The minimum atomic E-state index is -0.602. The molecule has 0 fully saturated rings. The second kappa shape index (κ2) is 9.50. The summed E-state index contributed by atoms with van der Waals surface area (Å²) < 4.78 is 0. The van der Waals surface area contributed by atoms with Gasteiger partial charge in [0.05, 0.1) is 15.7 Å². The molecule has 1 heterocycles. The first-order valence-electron chi connectivity index (χ1n) is 10.1. The molecule has 0 saturated heterocycles. The highest BCUT2D eigenvalue weighted by Crippen LogP contribution is 2.31. The zero-order valence-corrected chi connectivity index (χ0v) is 20.3. The molecule has 34 heavy (non-hydrogen) atoms. The number of carbonyl (C=O) groups excluding carboxylic acids is 3. The van der Waals surface area contributed by atoms with Crippen LogP contribution in [0.4, 0.5) is 17.1 Å². The third kappa shape index (κ3) is 4.66. The van der Waals surface area contributed by atoms with E-state index in [1.54, 1.807) is 54.6 Å². The minimum Gasteiger partial charge on any atom is -0.350 e. The smallest absolute Gasteiger partial charge is 0.283 e. The maximum atomic E-state index is 13.0. The van der Waals surface area contributed by atoms with E-state index in [1.807, 2.05) is 19.9 Å². The summed E-state index contributed by atoms with van der Waals surface area (Å²) in [6, 6.07) is 16.5. The van der Waals surface area contributed by atoms with Gasteiger partial charge in [-0.3, -0.25) is 14.4 Å². The molecule has 3 amide bonds. The van der Waals surface area contributed by atoms with Gasteiger partial charge in [-0.05, 0) is 79.6 Å². The lowest BCUT2D eigenvalue weighted by Crippen LogP contribution is -2.32. The first-order chi connectivity index (χ1) is 16.2. The number of halogens is 3. The quantitative estimate of drug-likeness (QED) is 0.392. The van der Waals surface area contributed by atoms with Crippen LogP contribution in [-0.4, -0.2) is 17.7 Å². The number of nitrogens with zero attached hydrogens (tertiary/aromatic N) is 1. The van der Waals surface area contributed by atoms with Crippen LogP contribution in [0.25, 0.3) is 0 Å². The van der Waals surface area contributed by atoms with Gasteiger partial charge in [0.25, 0.3) is 17.7 Å². The van der Waals surface area contributed by atoms with Crippen LogP contribution < -0.4 is 15.5 Å². The lowest BCUT2D eigenvalue weighted by molar-refractivity contribution is -0.120. The van der Waals surface area contributed by atoms with E-state index in [2.05, 4.69) is 10.6 Å². The molecule has 9 heteroatoms. The molecule has 1 aliphatic heterocycles. The number of carbonyl (C=O) groups is 3. The molecule has 0 spiro atoms. The van der Waals surface area contributed by atoms with E-state index < -0.39 is 11.8 Å². The van der Waals surface area contributed by atoms with Crippen LogP contribution in [0.1, 0.15) is 21.5 Å². The lowest BCUT2D eigenvalue weighted by atomic mass is 10.1. The molecule has 172 valence electrons. The number of aryl methyl sites for hydroxylation is 2. The number of nitrogens with one attached hydrogen (secondary N) is 2. The van der Waals surface area contributed by atoms with E-state index in [0.717, 1.165) is 16.0 Å². The Bertz CT molecular complexity index is 1370. The number of imide groups is 1. The fourth-order valence-electron chi connectivity index (χ4n) is 3.34. The molecular formula is C25H18Cl3N3O3. The van der Waals surface area contributed by atoms with Crippen molar-refractivity contribution in [2.75, 3.05) is 15.5 Å². The van der Waals surface area contributed by atoms with Crippen LogP contribution in [0.2, 0.25) is 10.0 Å². The summed E-state index contributed by atoms with van der Waals surface area (Å²) in [6.45, 7) is 3.84. The highest BCUT2D eigenvalue weighted by molar-refractivity contribution is 6.53. The molecule has 0 aliphatic carbocycles. The summed E-state index contributed by atoms with van der Waals surface area (Å²) in [5.41, 5.74) is 3.78. The first-order valence-corrected chi connectivity index (χ1v) is 11.3. The van der Waals surface area contributed by atoms with Crippen molar-refractivity contribution in [2.24, 2.45) is 0 Å². The molecule has 6 nitrogen and oxygen atoms in total. The normalized spacial score (nSPS) is 13.5. The second-order valence-electron chi connectivity index (χ2n) is 7.69. The summed E-state index contributed by atoms with van der Waals surface area (Å²) in [7, 11) is 0. The maximum absolute atomic E-state index is 13.0. The summed E-state index contributed by atoms with van der Waals surface area (Å²) in [5, 5.41) is 6.14. The Hall–Kier alpha value is -3.32. The SMILES string of the molecule is Cc1ccc(N2C(=O)C(Cl)=C(Nc3ccc(C(=O)Nc4ccc(Cl)c(Cl)c4)cc3)C2=O)cc1C. The molecule has 2 N–H and O–H groups in total. The number of rotatable bonds is 5. The fourth-order valence-corrected chi connectivity index (χ4v) is 3.85. The van der Waals surface area contributed by atoms with Gasteiger partial charge in [0, 0.05) is 16.9 Å². The highest BCUT2D eigenvalue weighted by Gasteiger charge is 2.39. The third-order valence-corrected chi connectivity index (χ3v) is 6.46. The largest absolute Gasteiger partial charge is 0.350 e. The summed E-state index contributed by atoms with van der Waals surface area (Å²) in [5.74, 6) is -1.51. The van der Waals surface area contributed by atoms with Crippen LogP contribution in [0.5, 0.6) is 0 Å². The molecule has 0 saturated carbocycles. The Morgan fingerprint density at radius 2 is 1.44 bits per heavy atom. The van der Waals surface area contributed by atoms with E-state index in [4.69, 9.17) is 34.8 Å². The Balaban J connectivity index is 1.48. The third-order valence-electron chi connectivity index (χ3n) is 5.37. The average Bonchev–Trinajstić information content (AvgIpc) is 3.02. The molecule has 4 rings (SSSR count). The van der Waals surface area contributed by atoms with Gasteiger partial charge >= 0.3 is 0 Å². The Kier molecular flexibility index (Phi) is 6.66. The van der Waals surface area contributed by atoms with Gasteiger partial charge in [-0.1, -0.05) is 40.9 Å². The Morgan fingerprint density at radius 1 is 0.765 bits per heavy atom.